The highest BCUT2D eigenvalue weighted by molar-refractivity contribution is 5.70. The van der Waals surface area contributed by atoms with Crippen LogP contribution in [-0.2, 0) is 11.3 Å². The third-order valence-electron chi connectivity index (χ3n) is 4.44. The van der Waals surface area contributed by atoms with Crippen molar-refractivity contribution in [2.45, 2.75) is 45.3 Å². The lowest BCUT2D eigenvalue weighted by Gasteiger charge is -2.27. The molecule has 0 saturated heterocycles. The number of hydrogen-bond donors (Lipinski definition) is 2. The van der Waals surface area contributed by atoms with E-state index in [1.54, 1.807) is 12.3 Å². The predicted molar refractivity (Wildman–Crippen MR) is 86.4 cm³/mol. The number of nitrogens with zero attached hydrogens (tertiary/aromatic N) is 2. The van der Waals surface area contributed by atoms with Crippen molar-refractivity contribution in [1.82, 2.24) is 10.1 Å². The summed E-state index contributed by atoms with van der Waals surface area (Å²) in [5, 5.41) is 13.1. The lowest BCUT2D eigenvalue weighted by Crippen LogP contribution is -2.29. The highest BCUT2D eigenvalue weighted by Gasteiger charge is 2.28. The predicted octanol–water partition coefficient (Wildman–Crippen LogP) is 2.53. The van der Waals surface area contributed by atoms with E-state index in [1.165, 1.54) is 0 Å². The average molecular weight is 331 g/mol. The normalized spacial score (nSPS) is 20.8. The van der Waals surface area contributed by atoms with Crippen LogP contribution in [0.1, 0.15) is 36.9 Å². The van der Waals surface area contributed by atoms with Gasteiger partial charge in [0.2, 0.25) is 0 Å². The third-order valence-corrected chi connectivity index (χ3v) is 4.44. The number of hydrogen-bond acceptors (Lipinski definition) is 6. The summed E-state index contributed by atoms with van der Waals surface area (Å²) in [5.74, 6) is 0.137. The summed E-state index contributed by atoms with van der Waals surface area (Å²) in [6.45, 7) is 2.18. The van der Waals surface area contributed by atoms with Crippen molar-refractivity contribution < 1.29 is 19.2 Å². The fraction of sp³-hybridized carbons (Fsp3) is 0.471. The summed E-state index contributed by atoms with van der Waals surface area (Å²) in [7, 11) is 0. The molecule has 24 heavy (non-hydrogen) atoms. The molecule has 0 aromatic carbocycles. The van der Waals surface area contributed by atoms with Gasteiger partial charge >= 0.3 is 5.97 Å². The van der Waals surface area contributed by atoms with Crippen LogP contribution in [0.4, 0.5) is 0 Å². The number of carboxylic acid groups (broad SMARTS) is 1. The molecular weight excluding hydrogens is 310 g/mol. The van der Waals surface area contributed by atoms with Gasteiger partial charge in [0.1, 0.15) is 11.4 Å². The topological polar surface area (TPSA) is 111 Å². The minimum atomic E-state index is -0.744. The lowest BCUT2D eigenvalue weighted by molar-refractivity contribution is -0.143. The Morgan fingerprint density at radius 3 is 2.96 bits per heavy atom. The molecule has 2 aromatic rings. The van der Waals surface area contributed by atoms with Crippen LogP contribution in [-0.4, -0.2) is 27.3 Å². The van der Waals surface area contributed by atoms with E-state index in [0.717, 1.165) is 30.5 Å². The van der Waals surface area contributed by atoms with Gasteiger partial charge in [-0.1, -0.05) is 5.16 Å². The van der Waals surface area contributed by atoms with Crippen molar-refractivity contribution in [3.63, 3.8) is 0 Å². The Labute approximate surface area is 139 Å². The molecule has 7 nitrogen and oxygen atoms in total. The molecular formula is C17H21N3O4. The standard InChI is InChI=1S/C17H21N3O4/c1-10-14(8-18)16(24-20-10)15-6-5-13(9-19-15)23-12-4-2-3-11(7-12)17(21)22/h5-6,9,11-12H,2-4,7-8,18H2,1H3,(H,21,22). The van der Waals surface area contributed by atoms with E-state index >= 15 is 0 Å². The zero-order chi connectivity index (χ0) is 17.1. The first-order chi connectivity index (χ1) is 11.6. The maximum absolute atomic E-state index is 11.1. The summed E-state index contributed by atoms with van der Waals surface area (Å²) in [4.78, 5) is 15.5. The summed E-state index contributed by atoms with van der Waals surface area (Å²) >= 11 is 0. The average Bonchev–Trinajstić information content (AvgIpc) is 2.96. The van der Waals surface area contributed by atoms with Crippen molar-refractivity contribution in [3.8, 4) is 17.2 Å². The number of carboxylic acids is 1. The summed E-state index contributed by atoms with van der Waals surface area (Å²) in [5.41, 5.74) is 7.97. The SMILES string of the molecule is Cc1noc(-c2ccc(OC3CCCC(C(=O)O)C3)cn2)c1CN. The highest BCUT2D eigenvalue weighted by Crippen LogP contribution is 2.29. The molecule has 0 spiro atoms. The molecule has 2 atom stereocenters. The molecule has 0 aliphatic heterocycles. The molecule has 1 fully saturated rings. The van der Waals surface area contributed by atoms with E-state index in [9.17, 15) is 4.79 Å². The van der Waals surface area contributed by atoms with Gasteiger partial charge in [0.05, 0.1) is 23.9 Å². The molecule has 1 aliphatic carbocycles. The Morgan fingerprint density at radius 2 is 2.29 bits per heavy atom. The quantitative estimate of drug-likeness (QED) is 0.865. The molecule has 3 N–H and O–H groups in total. The Kier molecular flexibility index (Phi) is 4.80. The maximum atomic E-state index is 11.1. The Morgan fingerprint density at radius 1 is 1.46 bits per heavy atom. The van der Waals surface area contributed by atoms with Crippen molar-refractivity contribution in [2.75, 3.05) is 0 Å². The van der Waals surface area contributed by atoms with E-state index in [2.05, 4.69) is 10.1 Å². The second kappa shape index (κ2) is 7.00. The number of nitrogens with two attached hydrogens (primary N) is 1. The van der Waals surface area contributed by atoms with Gasteiger partial charge in [0, 0.05) is 12.1 Å². The third kappa shape index (κ3) is 3.41. The van der Waals surface area contributed by atoms with Crippen LogP contribution in [0.5, 0.6) is 5.75 Å². The number of rotatable bonds is 5. The number of aliphatic carboxylic acids is 1. The van der Waals surface area contributed by atoms with Crippen LogP contribution >= 0.6 is 0 Å². The zero-order valence-electron chi connectivity index (χ0n) is 13.6. The van der Waals surface area contributed by atoms with Gasteiger partial charge in [0.25, 0.3) is 0 Å². The Bertz CT molecular complexity index is 711. The van der Waals surface area contributed by atoms with E-state index in [0.29, 0.717) is 30.2 Å². The molecule has 2 heterocycles. The van der Waals surface area contributed by atoms with Gasteiger partial charge in [-0.05, 0) is 44.7 Å². The van der Waals surface area contributed by atoms with Gasteiger partial charge in [-0.3, -0.25) is 4.79 Å². The van der Waals surface area contributed by atoms with E-state index in [1.807, 2.05) is 13.0 Å². The largest absolute Gasteiger partial charge is 0.489 e. The molecule has 1 saturated carbocycles. The van der Waals surface area contributed by atoms with Crippen LogP contribution in [0.3, 0.4) is 0 Å². The number of pyridine rings is 1. The molecule has 2 unspecified atom stereocenters. The van der Waals surface area contributed by atoms with Gasteiger partial charge in [-0.25, -0.2) is 4.98 Å². The van der Waals surface area contributed by atoms with Gasteiger partial charge in [-0.2, -0.15) is 0 Å². The first-order valence-corrected chi connectivity index (χ1v) is 8.09. The second-order valence-corrected chi connectivity index (χ2v) is 6.10. The lowest BCUT2D eigenvalue weighted by atomic mass is 9.87. The highest BCUT2D eigenvalue weighted by atomic mass is 16.5. The zero-order valence-corrected chi connectivity index (χ0v) is 13.6. The Balaban J connectivity index is 1.69. The van der Waals surface area contributed by atoms with E-state index < -0.39 is 5.97 Å². The number of aryl methyl sites for hydroxylation is 1. The smallest absolute Gasteiger partial charge is 0.306 e. The first kappa shape index (κ1) is 16.4. The van der Waals surface area contributed by atoms with E-state index in [-0.39, 0.29) is 12.0 Å². The minimum Gasteiger partial charge on any atom is -0.489 e. The molecule has 7 heteroatoms. The second-order valence-electron chi connectivity index (χ2n) is 6.10. The molecule has 1 aliphatic rings. The first-order valence-electron chi connectivity index (χ1n) is 8.09. The molecule has 0 bridgehead atoms. The van der Waals surface area contributed by atoms with Gasteiger partial charge in [-0.15, -0.1) is 0 Å². The van der Waals surface area contributed by atoms with Crippen molar-refractivity contribution in [1.29, 1.82) is 0 Å². The minimum absolute atomic E-state index is 0.0837. The molecule has 3 rings (SSSR count). The van der Waals surface area contributed by atoms with Crippen LogP contribution < -0.4 is 10.5 Å². The van der Waals surface area contributed by atoms with Crippen LogP contribution in [0.15, 0.2) is 22.9 Å². The van der Waals surface area contributed by atoms with E-state index in [4.69, 9.17) is 20.1 Å². The Hall–Kier alpha value is -2.41. The van der Waals surface area contributed by atoms with Crippen molar-refractivity contribution >= 4 is 5.97 Å². The summed E-state index contributed by atoms with van der Waals surface area (Å²) < 4.78 is 11.2. The fourth-order valence-electron chi connectivity index (χ4n) is 3.08. The van der Waals surface area contributed by atoms with Gasteiger partial charge < -0.3 is 20.1 Å². The molecule has 0 amide bonds. The number of carbonyl (C=O) groups is 1. The van der Waals surface area contributed by atoms with Crippen LogP contribution in [0.25, 0.3) is 11.5 Å². The van der Waals surface area contributed by atoms with Crippen LogP contribution in [0, 0.1) is 12.8 Å². The molecule has 2 aromatic heterocycles. The van der Waals surface area contributed by atoms with Gasteiger partial charge in [0.15, 0.2) is 5.76 Å². The molecule has 0 radical (unpaired) electrons. The maximum Gasteiger partial charge on any atom is 0.306 e. The summed E-state index contributed by atoms with van der Waals surface area (Å²) in [6.07, 6.45) is 4.53. The number of ether oxygens (including phenoxy) is 1. The molecule has 128 valence electrons. The monoisotopic (exact) mass is 331 g/mol. The van der Waals surface area contributed by atoms with Crippen molar-refractivity contribution in [2.24, 2.45) is 11.7 Å². The number of aromatic nitrogens is 2. The van der Waals surface area contributed by atoms with Crippen molar-refractivity contribution in [3.05, 3.63) is 29.6 Å². The fourth-order valence-corrected chi connectivity index (χ4v) is 3.08. The summed E-state index contributed by atoms with van der Waals surface area (Å²) in [6, 6.07) is 3.61. The van der Waals surface area contributed by atoms with Crippen LogP contribution in [0.2, 0.25) is 0 Å².